The summed E-state index contributed by atoms with van der Waals surface area (Å²) in [6, 6.07) is 9.83. The number of benzene rings is 1. The number of nitrogens with two attached hydrogens (primary N) is 2. The van der Waals surface area contributed by atoms with Crippen LogP contribution in [0.3, 0.4) is 0 Å². The standard InChI is InChI=1S/C18H22N8/c19-11-13-3-1-2-4-15(13)24-18(20)26-9-7-25(8-10-26)17-14-5-6-21-16(14)22-12-23-17/h1-6,12H,7-11,19H2,(H2,20,24)(H,21,22,23). The van der Waals surface area contributed by atoms with Crippen LogP contribution in [0, 0.1) is 0 Å². The van der Waals surface area contributed by atoms with Gasteiger partial charge >= 0.3 is 0 Å². The summed E-state index contributed by atoms with van der Waals surface area (Å²) < 4.78 is 0. The van der Waals surface area contributed by atoms with Crippen molar-refractivity contribution in [3.8, 4) is 0 Å². The molecule has 26 heavy (non-hydrogen) atoms. The summed E-state index contributed by atoms with van der Waals surface area (Å²) in [6.07, 6.45) is 3.48. The third-order valence-corrected chi connectivity index (χ3v) is 4.68. The minimum atomic E-state index is 0.446. The van der Waals surface area contributed by atoms with E-state index in [4.69, 9.17) is 11.5 Å². The van der Waals surface area contributed by atoms with Gasteiger partial charge in [-0.25, -0.2) is 15.0 Å². The number of rotatable bonds is 3. The minimum Gasteiger partial charge on any atom is -0.369 e. The van der Waals surface area contributed by atoms with E-state index in [-0.39, 0.29) is 0 Å². The second-order valence-electron chi connectivity index (χ2n) is 6.21. The lowest BCUT2D eigenvalue weighted by molar-refractivity contribution is 0.381. The van der Waals surface area contributed by atoms with Crippen LogP contribution in [0.5, 0.6) is 0 Å². The average molecular weight is 350 g/mol. The zero-order valence-corrected chi connectivity index (χ0v) is 14.5. The van der Waals surface area contributed by atoms with Gasteiger partial charge in [0, 0.05) is 38.9 Å². The first kappa shape index (κ1) is 16.3. The van der Waals surface area contributed by atoms with E-state index in [0.717, 1.165) is 54.3 Å². The monoisotopic (exact) mass is 350 g/mol. The number of fused-ring (bicyclic) bond motifs is 1. The van der Waals surface area contributed by atoms with Gasteiger partial charge in [0.2, 0.25) is 0 Å². The van der Waals surface area contributed by atoms with E-state index in [1.165, 1.54) is 0 Å². The van der Waals surface area contributed by atoms with E-state index in [1.54, 1.807) is 6.33 Å². The van der Waals surface area contributed by atoms with Gasteiger partial charge in [-0.1, -0.05) is 18.2 Å². The lowest BCUT2D eigenvalue weighted by Crippen LogP contribution is -2.51. The predicted octanol–water partition coefficient (Wildman–Crippen LogP) is 1.18. The molecule has 0 amide bonds. The predicted molar refractivity (Wildman–Crippen MR) is 103 cm³/mol. The number of para-hydroxylation sites is 1. The first-order chi connectivity index (χ1) is 12.8. The van der Waals surface area contributed by atoms with E-state index >= 15 is 0 Å². The maximum absolute atomic E-state index is 6.25. The maximum atomic E-state index is 6.25. The van der Waals surface area contributed by atoms with Crippen LogP contribution in [0.15, 0.2) is 47.8 Å². The molecule has 134 valence electrons. The molecule has 0 aliphatic carbocycles. The average Bonchev–Trinajstić information content (AvgIpc) is 3.17. The molecule has 8 nitrogen and oxygen atoms in total. The van der Waals surface area contributed by atoms with Crippen molar-refractivity contribution in [2.45, 2.75) is 6.54 Å². The second kappa shape index (κ2) is 7.01. The number of aromatic amines is 1. The number of aliphatic imine (C=N–C) groups is 1. The van der Waals surface area contributed by atoms with Crippen molar-refractivity contribution in [1.29, 1.82) is 0 Å². The Morgan fingerprint density at radius 2 is 1.92 bits per heavy atom. The maximum Gasteiger partial charge on any atom is 0.196 e. The van der Waals surface area contributed by atoms with Crippen LogP contribution in [0.1, 0.15) is 5.56 Å². The van der Waals surface area contributed by atoms with Crippen LogP contribution in [0.25, 0.3) is 11.0 Å². The van der Waals surface area contributed by atoms with E-state index < -0.39 is 0 Å². The Labute approximate surface area is 151 Å². The van der Waals surface area contributed by atoms with Gasteiger partial charge in [-0.15, -0.1) is 0 Å². The van der Waals surface area contributed by atoms with Crippen LogP contribution < -0.4 is 16.4 Å². The Hall–Kier alpha value is -3.13. The first-order valence-corrected chi connectivity index (χ1v) is 8.66. The highest BCUT2D eigenvalue weighted by molar-refractivity contribution is 5.87. The molecule has 4 rings (SSSR count). The molecule has 8 heteroatoms. The van der Waals surface area contributed by atoms with Gasteiger partial charge in [-0.05, 0) is 17.7 Å². The summed E-state index contributed by atoms with van der Waals surface area (Å²) in [6.45, 7) is 3.67. The van der Waals surface area contributed by atoms with Crippen LogP contribution in [0.4, 0.5) is 11.5 Å². The Morgan fingerprint density at radius 1 is 1.12 bits per heavy atom. The molecule has 1 aliphatic heterocycles. The van der Waals surface area contributed by atoms with Crippen LogP contribution >= 0.6 is 0 Å². The molecule has 0 spiro atoms. The molecule has 1 saturated heterocycles. The van der Waals surface area contributed by atoms with Crippen molar-refractivity contribution in [2.24, 2.45) is 16.5 Å². The molecule has 0 radical (unpaired) electrons. The van der Waals surface area contributed by atoms with Crippen molar-refractivity contribution in [1.82, 2.24) is 19.9 Å². The van der Waals surface area contributed by atoms with Gasteiger partial charge in [0.25, 0.3) is 0 Å². The van der Waals surface area contributed by atoms with Crippen molar-refractivity contribution < 1.29 is 0 Å². The highest BCUT2D eigenvalue weighted by Crippen LogP contribution is 2.23. The van der Waals surface area contributed by atoms with Gasteiger partial charge in [-0.2, -0.15) is 0 Å². The smallest absolute Gasteiger partial charge is 0.196 e. The summed E-state index contributed by atoms with van der Waals surface area (Å²) in [5.41, 5.74) is 14.7. The van der Waals surface area contributed by atoms with E-state index in [1.807, 2.05) is 36.5 Å². The molecule has 0 atom stereocenters. The van der Waals surface area contributed by atoms with Crippen LogP contribution in [-0.4, -0.2) is 52.0 Å². The largest absolute Gasteiger partial charge is 0.369 e. The van der Waals surface area contributed by atoms with Crippen LogP contribution in [0.2, 0.25) is 0 Å². The third-order valence-electron chi connectivity index (χ3n) is 4.68. The van der Waals surface area contributed by atoms with E-state index in [0.29, 0.717) is 12.5 Å². The molecular weight excluding hydrogens is 328 g/mol. The number of guanidine groups is 1. The number of hydrogen-bond acceptors (Lipinski definition) is 5. The zero-order chi connectivity index (χ0) is 17.9. The third kappa shape index (κ3) is 3.06. The normalized spacial score (nSPS) is 15.7. The number of H-pyrrole nitrogens is 1. The Balaban J connectivity index is 1.48. The number of hydrogen-bond donors (Lipinski definition) is 3. The molecule has 3 aromatic rings. The van der Waals surface area contributed by atoms with Crippen LogP contribution in [-0.2, 0) is 6.54 Å². The lowest BCUT2D eigenvalue weighted by Gasteiger charge is -2.36. The summed E-state index contributed by atoms with van der Waals surface area (Å²) in [7, 11) is 0. The van der Waals surface area contributed by atoms with Crippen molar-refractivity contribution in [2.75, 3.05) is 31.1 Å². The van der Waals surface area contributed by atoms with Gasteiger partial charge < -0.3 is 26.3 Å². The molecule has 0 saturated carbocycles. The Kier molecular flexibility index (Phi) is 4.40. The van der Waals surface area contributed by atoms with E-state index in [2.05, 4.69) is 29.7 Å². The molecule has 0 bridgehead atoms. The SMILES string of the molecule is NCc1ccccc1N=C(N)N1CCN(c2ncnc3[nH]ccc23)CC1. The van der Waals surface area contributed by atoms with Gasteiger partial charge in [-0.3, -0.25) is 0 Å². The summed E-state index contributed by atoms with van der Waals surface area (Å²) in [4.78, 5) is 20.8. The highest BCUT2D eigenvalue weighted by atomic mass is 15.3. The Bertz CT molecular complexity index is 924. The van der Waals surface area contributed by atoms with Crippen molar-refractivity contribution in [3.05, 3.63) is 48.4 Å². The summed E-state index contributed by atoms with van der Waals surface area (Å²) in [5, 5.41) is 1.04. The van der Waals surface area contributed by atoms with Gasteiger partial charge in [0.05, 0.1) is 11.1 Å². The molecule has 2 aromatic heterocycles. The van der Waals surface area contributed by atoms with E-state index in [9.17, 15) is 0 Å². The molecular formula is C18H22N8. The van der Waals surface area contributed by atoms with Crippen molar-refractivity contribution >= 4 is 28.5 Å². The fourth-order valence-electron chi connectivity index (χ4n) is 3.24. The van der Waals surface area contributed by atoms with Gasteiger partial charge in [0.1, 0.15) is 17.8 Å². The molecule has 5 N–H and O–H groups in total. The summed E-state index contributed by atoms with van der Waals surface area (Å²) >= 11 is 0. The lowest BCUT2D eigenvalue weighted by atomic mass is 10.2. The summed E-state index contributed by atoms with van der Waals surface area (Å²) in [5.74, 6) is 1.49. The first-order valence-electron chi connectivity index (χ1n) is 8.66. The molecule has 0 unspecified atom stereocenters. The van der Waals surface area contributed by atoms with Gasteiger partial charge in [0.15, 0.2) is 5.96 Å². The molecule has 1 aromatic carbocycles. The Morgan fingerprint density at radius 3 is 2.73 bits per heavy atom. The topological polar surface area (TPSA) is 112 Å². The fourth-order valence-corrected chi connectivity index (χ4v) is 3.24. The highest BCUT2D eigenvalue weighted by Gasteiger charge is 2.21. The quantitative estimate of drug-likeness (QED) is 0.483. The number of piperazine rings is 1. The number of nitrogens with one attached hydrogen (secondary N) is 1. The number of nitrogens with zero attached hydrogens (tertiary/aromatic N) is 5. The molecule has 3 heterocycles. The molecule has 1 fully saturated rings. The second-order valence-corrected chi connectivity index (χ2v) is 6.21. The molecule has 1 aliphatic rings. The number of anilines is 1. The number of aromatic nitrogens is 3. The van der Waals surface area contributed by atoms with Crippen molar-refractivity contribution in [3.63, 3.8) is 0 Å². The fraction of sp³-hybridized carbons (Fsp3) is 0.278. The minimum absolute atomic E-state index is 0.446. The zero-order valence-electron chi connectivity index (χ0n) is 14.5.